The standard InChI is InChI=1S/C13H26N2O/c1-10(13(2,3)4)8-12(16)15-11-6-5-7-14-9-11/h10-11,14H,5-9H2,1-4H3,(H,15,16). The van der Waals surface area contributed by atoms with Crippen LogP contribution in [0.15, 0.2) is 0 Å². The van der Waals surface area contributed by atoms with Crippen LogP contribution in [0.2, 0.25) is 0 Å². The van der Waals surface area contributed by atoms with Crippen LogP contribution >= 0.6 is 0 Å². The molecule has 16 heavy (non-hydrogen) atoms. The van der Waals surface area contributed by atoms with Crippen molar-refractivity contribution in [2.24, 2.45) is 11.3 Å². The monoisotopic (exact) mass is 226 g/mol. The van der Waals surface area contributed by atoms with Crippen molar-refractivity contribution in [1.29, 1.82) is 0 Å². The Bertz CT molecular complexity index is 227. The van der Waals surface area contributed by atoms with E-state index in [0.717, 1.165) is 19.5 Å². The second-order valence-electron chi connectivity index (χ2n) is 6.08. The number of hydrogen-bond acceptors (Lipinski definition) is 2. The lowest BCUT2D eigenvalue weighted by molar-refractivity contribution is -0.123. The average molecular weight is 226 g/mol. The quantitative estimate of drug-likeness (QED) is 0.772. The molecule has 2 N–H and O–H groups in total. The van der Waals surface area contributed by atoms with Crippen molar-refractivity contribution in [3.63, 3.8) is 0 Å². The van der Waals surface area contributed by atoms with E-state index in [1.807, 2.05) is 0 Å². The predicted molar refractivity (Wildman–Crippen MR) is 67.3 cm³/mol. The topological polar surface area (TPSA) is 41.1 Å². The minimum Gasteiger partial charge on any atom is -0.352 e. The predicted octanol–water partition coefficient (Wildman–Crippen LogP) is 1.93. The molecule has 0 aromatic rings. The van der Waals surface area contributed by atoms with Crippen molar-refractivity contribution in [3.8, 4) is 0 Å². The van der Waals surface area contributed by atoms with Crippen LogP contribution in [0.4, 0.5) is 0 Å². The number of hydrogen-bond donors (Lipinski definition) is 2. The van der Waals surface area contributed by atoms with Gasteiger partial charge in [0, 0.05) is 19.0 Å². The first-order valence-corrected chi connectivity index (χ1v) is 6.39. The number of carbonyl (C=O) groups excluding carboxylic acids is 1. The molecule has 1 aliphatic heterocycles. The fourth-order valence-electron chi connectivity index (χ4n) is 1.85. The Hall–Kier alpha value is -0.570. The van der Waals surface area contributed by atoms with Crippen LogP contribution in [0.1, 0.15) is 47.0 Å². The zero-order chi connectivity index (χ0) is 12.2. The number of amides is 1. The molecule has 0 radical (unpaired) electrons. The Kier molecular flexibility index (Phi) is 4.78. The van der Waals surface area contributed by atoms with Crippen LogP contribution in [0.5, 0.6) is 0 Å². The summed E-state index contributed by atoms with van der Waals surface area (Å²) in [6.45, 7) is 10.7. The molecule has 1 saturated heterocycles. The normalized spacial score (nSPS) is 23.9. The second-order valence-corrected chi connectivity index (χ2v) is 6.08. The zero-order valence-electron chi connectivity index (χ0n) is 11.1. The molecule has 0 spiro atoms. The van der Waals surface area contributed by atoms with Crippen LogP contribution in [0.3, 0.4) is 0 Å². The highest BCUT2D eigenvalue weighted by molar-refractivity contribution is 5.76. The van der Waals surface area contributed by atoms with Crippen LogP contribution in [-0.4, -0.2) is 25.0 Å². The third-order valence-electron chi connectivity index (χ3n) is 3.63. The highest BCUT2D eigenvalue weighted by Crippen LogP contribution is 2.27. The van der Waals surface area contributed by atoms with Gasteiger partial charge in [0.1, 0.15) is 0 Å². The van der Waals surface area contributed by atoms with Gasteiger partial charge in [-0.1, -0.05) is 27.7 Å². The zero-order valence-corrected chi connectivity index (χ0v) is 11.1. The first-order chi connectivity index (χ1) is 7.39. The molecule has 1 aliphatic rings. The molecule has 1 amide bonds. The molecule has 2 unspecified atom stereocenters. The van der Waals surface area contributed by atoms with Gasteiger partial charge in [0.2, 0.25) is 5.91 Å². The van der Waals surface area contributed by atoms with E-state index >= 15 is 0 Å². The molecule has 0 bridgehead atoms. The van der Waals surface area contributed by atoms with E-state index in [0.29, 0.717) is 18.4 Å². The lowest BCUT2D eigenvalue weighted by atomic mass is 9.80. The van der Waals surface area contributed by atoms with E-state index in [1.54, 1.807) is 0 Å². The summed E-state index contributed by atoms with van der Waals surface area (Å²) in [6.07, 6.45) is 2.92. The second kappa shape index (κ2) is 5.67. The Morgan fingerprint density at radius 3 is 2.69 bits per heavy atom. The summed E-state index contributed by atoms with van der Waals surface area (Å²) < 4.78 is 0. The van der Waals surface area contributed by atoms with Crippen molar-refractivity contribution >= 4 is 5.91 Å². The van der Waals surface area contributed by atoms with Crippen molar-refractivity contribution in [2.75, 3.05) is 13.1 Å². The maximum atomic E-state index is 11.8. The molecular formula is C13H26N2O. The van der Waals surface area contributed by atoms with Crippen LogP contribution in [0.25, 0.3) is 0 Å². The summed E-state index contributed by atoms with van der Waals surface area (Å²) in [4.78, 5) is 11.8. The third kappa shape index (κ3) is 4.52. The van der Waals surface area contributed by atoms with Crippen molar-refractivity contribution in [3.05, 3.63) is 0 Å². The summed E-state index contributed by atoms with van der Waals surface area (Å²) in [6, 6.07) is 0.341. The maximum absolute atomic E-state index is 11.8. The molecule has 3 heteroatoms. The van der Waals surface area contributed by atoms with Gasteiger partial charge in [-0.05, 0) is 30.7 Å². The van der Waals surface area contributed by atoms with Crippen LogP contribution < -0.4 is 10.6 Å². The lowest BCUT2D eigenvalue weighted by Gasteiger charge is -2.28. The minimum atomic E-state index is 0.205. The molecule has 1 rings (SSSR count). The molecule has 0 aromatic heterocycles. The number of piperidine rings is 1. The number of carbonyl (C=O) groups is 1. The molecular weight excluding hydrogens is 200 g/mol. The molecule has 2 atom stereocenters. The first kappa shape index (κ1) is 13.5. The summed E-state index contributed by atoms with van der Waals surface area (Å²) >= 11 is 0. The van der Waals surface area contributed by atoms with Gasteiger partial charge in [0.05, 0.1) is 0 Å². The molecule has 94 valence electrons. The smallest absolute Gasteiger partial charge is 0.220 e. The van der Waals surface area contributed by atoms with E-state index in [2.05, 4.69) is 38.3 Å². The summed E-state index contributed by atoms with van der Waals surface area (Å²) in [7, 11) is 0. The van der Waals surface area contributed by atoms with E-state index in [9.17, 15) is 4.79 Å². The molecule has 1 fully saturated rings. The molecule has 0 aliphatic carbocycles. The van der Waals surface area contributed by atoms with E-state index in [-0.39, 0.29) is 11.3 Å². The highest BCUT2D eigenvalue weighted by Gasteiger charge is 2.23. The van der Waals surface area contributed by atoms with Gasteiger partial charge in [-0.3, -0.25) is 4.79 Å². The highest BCUT2D eigenvalue weighted by atomic mass is 16.1. The Labute approximate surface area is 99.4 Å². The van der Waals surface area contributed by atoms with Crippen molar-refractivity contribution in [1.82, 2.24) is 10.6 Å². The van der Waals surface area contributed by atoms with E-state index in [1.165, 1.54) is 6.42 Å². The Morgan fingerprint density at radius 1 is 1.50 bits per heavy atom. The summed E-state index contributed by atoms with van der Waals surface area (Å²) in [5.74, 6) is 0.625. The third-order valence-corrected chi connectivity index (χ3v) is 3.63. The molecule has 0 aromatic carbocycles. The van der Waals surface area contributed by atoms with Gasteiger partial charge in [0.15, 0.2) is 0 Å². The van der Waals surface area contributed by atoms with Crippen molar-refractivity contribution < 1.29 is 4.79 Å². The lowest BCUT2D eigenvalue weighted by Crippen LogP contribution is -2.46. The maximum Gasteiger partial charge on any atom is 0.220 e. The SMILES string of the molecule is CC(CC(=O)NC1CCCNC1)C(C)(C)C. The number of nitrogens with one attached hydrogen (secondary N) is 2. The Balaban J connectivity index is 2.29. The number of rotatable bonds is 3. The van der Waals surface area contributed by atoms with E-state index in [4.69, 9.17) is 0 Å². The first-order valence-electron chi connectivity index (χ1n) is 6.39. The van der Waals surface area contributed by atoms with Crippen LogP contribution in [-0.2, 0) is 4.79 Å². The summed E-state index contributed by atoms with van der Waals surface area (Å²) in [5.41, 5.74) is 0.210. The van der Waals surface area contributed by atoms with Gasteiger partial charge in [-0.2, -0.15) is 0 Å². The molecule has 1 heterocycles. The molecule has 0 saturated carbocycles. The largest absolute Gasteiger partial charge is 0.352 e. The fourth-order valence-corrected chi connectivity index (χ4v) is 1.85. The minimum absolute atomic E-state index is 0.205. The summed E-state index contributed by atoms with van der Waals surface area (Å²) in [5, 5.41) is 6.43. The van der Waals surface area contributed by atoms with Gasteiger partial charge in [0.25, 0.3) is 0 Å². The van der Waals surface area contributed by atoms with Crippen molar-refractivity contribution in [2.45, 2.75) is 53.0 Å². The van der Waals surface area contributed by atoms with Crippen LogP contribution in [0, 0.1) is 11.3 Å². The average Bonchev–Trinajstić information content (AvgIpc) is 2.17. The van der Waals surface area contributed by atoms with Gasteiger partial charge >= 0.3 is 0 Å². The van der Waals surface area contributed by atoms with Gasteiger partial charge < -0.3 is 10.6 Å². The molecule has 3 nitrogen and oxygen atoms in total. The fraction of sp³-hybridized carbons (Fsp3) is 0.923. The van der Waals surface area contributed by atoms with E-state index < -0.39 is 0 Å². The van der Waals surface area contributed by atoms with Gasteiger partial charge in [-0.15, -0.1) is 0 Å². The Morgan fingerprint density at radius 2 is 2.19 bits per heavy atom. The van der Waals surface area contributed by atoms with Gasteiger partial charge in [-0.25, -0.2) is 0 Å².